The van der Waals surface area contributed by atoms with Crippen LogP contribution in [0.4, 0.5) is 5.13 Å². The SMILES string of the molecule is Cc1cc(C(=O)Nc2nccs2)c(C)o1. The van der Waals surface area contributed by atoms with Gasteiger partial charge in [-0.3, -0.25) is 10.1 Å². The summed E-state index contributed by atoms with van der Waals surface area (Å²) < 4.78 is 5.28. The van der Waals surface area contributed by atoms with E-state index in [2.05, 4.69) is 10.3 Å². The lowest BCUT2D eigenvalue weighted by atomic mass is 10.2. The van der Waals surface area contributed by atoms with Gasteiger partial charge < -0.3 is 4.42 Å². The number of thiazole rings is 1. The van der Waals surface area contributed by atoms with Crippen molar-refractivity contribution in [3.05, 3.63) is 34.7 Å². The molecular formula is C10H10N2O2S. The Balaban J connectivity index is 2.18. The van der Waals surface area contributed by atoms with Crippen molar-refractivity contribution in [1.82, 2.24) is 4.98 Å². The summed E-state index contributed by atoms with van der Waals surface area (Å²) in [5.74, 6) is 1.18. The zero-order valence-electron chi connectivity index (χ0n) is 8.40. The van der Waals surface area contributed by atoms with Gasteiger partial charge in [0.05, 0.1) is 5.56 Å². The van der Waals surface area contributed by atoms with Crippen molar-refractivity contribution in [2.24, 2.45) is 0 Å². The highest BCUT2D eigenvalue weighted by atomic mass is 32.1. The molecule has 0 spiro atoms. The average Bonchev–Trinajstić information content (AvgIpc) is 2.75. The fourth-order valence-electron chi connectivity index (χ4n) is 1.31. The van der Waals surface area contributed by atoms with E-state index >= 15 is 0 Å². The lowest BCUT2D eigenvalue weighted by Crippen LogP contribution is -2.11. The number of hydrogen-bond donors (Lipinski definition) is 1. The van der Waals surface area contributed by atoms with Gasteiger partial charge in [-0.05, 0) is 19.9 Å². The number of aryl methyl sites for hydroxylation is 2. The number of hydrogen-bond acceptors (Lipinski definition) is 4. The monoisotopic (exact) mass is 222 g/mol. The summed E-state index contributed by atoms with van der Waals surface area (Å²) in [5.41, 5.74) is 0.558. The second kappa shape index (κ2) is 3.86. The maximum Gasteiger partial charge on any atom is 0.260 e. The van der Waals surface area contributed by atoms with Crippen molar-refractivity contribution in [2.75, 3.05) is 5.32 Å². The minimum Gasteiger partial charge on any atom is -0.466 e. The molecule has 0 fully saturated rings. The Morgan fingerprint density at radius 1 is 1.53 bits per heavy atom. The molecular weight excluding hydrogens is 212 g/mol. The number of furan rings is 1. The molecule has 2 aromatic heterocycles. The molecule has 0 atom stereocenters. The molecule has 2 heterocycles. The Hall–Kier alpha value is -1.62. The molecule has 0 bridgehead atoms. The van der Waals surface area contributed by atoms with Crippen molar-refractivity contribution in [2.45, 2.75) is 13.8 Å². The van der Waals surface area contributed by atoms with Crippen LogP contribution in [0.2, 0.25) is 0 Å². The second-order valence-electron chi connectivity index (χ2n) is 3.12. The third-order valence-corrected chi connectivity index (χ3v) is 2.63. The van der Waals surface area contributed by atoms with Crippen molar-refractivity contribution in [3.63, 3.8) is 0 Å². The second-order valence-corrected chi connectivity index (χ2v) is 4.01. The van der Waals surface area contributed by atoms with E-state index in [9.17, 15) is 4.79 Å². The van der Waals surface area contributed by atoms with Crippen LogP contribution in [0.1, 0.15) is 21.9 Å². The van der Waals surface area contributed by atoms with Gasteiger partial charge in [0.1, 0.15) is 11.5 Å². The molecule has 0 saturated heterocycles. The van der Waals surface area contributed by atoms with Crippen LogP contribution < -0.4 is 5.32 Å². The Morgan fingerprint density at radius 3 is 2.87 bits per heavy atom. The smallest absolute Gasteiger partial charge is 0.260 e. The first kappa shape index (κ1) is 9.92. The number of carbonyl (C=O) groups is 1. The fourth-order valence-corrected chi connectivity index (χ4v) is 1.83. The summed E-state index contributed by atoms with van der Waals surface area (Å²) >= 11 is 1.38. The molecule has 0 aromatic carbocycles. The Labute approximate surface area is 90.9 Å². The fraction of sp³-hybridized carbons (Fsp3) is 0.200. The Kier molecular flexibility index (Phi) is 2.55. The molecule has 2 rings (SSSR count). The molecule has 0 aliphatic heterocycles. The molecule has 1 amide bonds. The topological polar surface area (TPSA) is 55.1 Å². The number of anilines is 1. The molecule has 0 radical (unpaired) electrons. The summed E-state index contributed by atoms with van der Waals surface area (Å²) in [4.78, 5) is 15.7. The van der Waals surface area contributed by atoms with Crippen LogP contribution in [-0.2, 0) is 0 Å². The normalized spacial score (nSPS) is 10.3. The molecule has 2 aromatic rings. The largest absolute Gasteiger partial charge is 0.466 e. The third kappa shape index (κ3) is 2.07. The number of amides is 1. The lowest BCUT2D eigenvalue weighted by Gasteiger charge is -1.98. The molecule has 5 heteroatoms. The highest BCUT2D eigenvalue weighted by molar-refractivity contribution is 7.13. The number of nitrogens with one attached hydrogen (secondary N) is 1. The molecule has 4 nitrogen and oxygen atoms in total. The summed E-state index contributed by atoms with van der Waals surface area (Å²) in [6.07, 6.45) is 1.65. The number of nitrogens with zero attached hydrogens (tertiary/aromatic N) is 1. The maximum absolute atomic E-state index is 11.7. The van der Waals surface area contributed by atoms with Crippen LogP contribution in [0, 0.1) is 13.8 Å². The standard InChI is InChI=1S/C10H10N2O2S/c1-6-5-8(7(2)14-6)9(13)12-10-11-3-4-15-10/h3-5H,1-2H3,(H,11,12,13). The molecule has 78 valence electrons. The minimum atomic E-state index is -0.181. The van der Waals surface area contributed by atoms with Gasteiger partial charge in [0.25, 0.3) is 5.91 Å². The quantitative estimate of drug-likeness (QED) is 0.849. The van der Waals surface area contributed by atoms with Crippen molar-refractivity contribution < 1.29 is 9.21 Å². The Bertz CT molecular complexity index is 474. The van der Waals surface area contributed by atoms with Gasteiger partial charge in [0.2, 0.25) is 0 Å². The Morgan fingerprint density at radius 2 is 2.33 bits per heavy atom. The average molecular weight is 222 g/mol. The molecule has 0 aliphatic rings. The van der Waals surface area contributed by atoms with Gasteiger partial charge in [-0.25, -0.2) is 4.98 Å². The molecule has 0 aliphatic carbocycles. The summed E-state index contributed by atoms with van der Waals surface area (Å²) in [7, 11) is 0. The van der Waals surface area contributed by atoms with E-state index in [1.54, 1.807) is 19.2 Å². The minimum absolute atomic E-state index is 0.181. The molecule has 15 heavy (non-hydrogen) atoms. The third-order valence-electron chi connectivity index (χ3n) is 1.94. The van der Waals surface area contributed by atoms with E-state index in [0.717, 1.165) is 5.76 Å². The highest BCUT2D eigenvalue weighted by Crippen LogP contribution is 2.17. The van der Waals surface area contributed by atoms with Gasteiger partial charge in [0.15, 0.2) is 5.13 Å². The molecule has 0 unspecified atom stereocenters. The highest BCUT2D eigenvalue weighted by Gasteiger charge is 2.14. The van der Waals surface area contributed by atoms with Crippen molar-refractivity contribution >= 4 is 22.4 Å². The lowest BCUT2D eigenvalue weighted by molar-refractivity contribution is 0.102. The molecule has 0 saturated carbocycles. The first-order valence-electron chi connectivity index (χ1n) is 4.44. The van der Waals surface area contributed by atoms with Gasteiger partial charge in [-0.1, -0.05) is 0 Å². The van der Waals surface area contributed by atoms with Crippen LogP contribution in [0.5, 0.6) is 0 Å². The summed E-state index contributed by atoms with van der Waals surface area (Å²) in [6.45, 7) is 3.58. The van der Waals surface area contributed by atoms with Crippen molar-refractivity contribution in [1.29, 1.82) is 0 Å². The van der Waals surface area contributed by atoms with Crippen LogP contribution >= 0.6 is 11.3 Å². The van der Waals surface area contributed by atoms with Crippen LogP contribution in [-0.4, -0.2) is 10.9 Å². The van der Waals surface area contributed by atoms with E-state index in [4.69, 9.17) is 4.42 Å². The van der Waals surface area contributed by atoms with E-state index in [1.807, 2.05) is 12.3 Å². The number of rotatable bonds is 2. The van der Waals surface area contributed by atoms with Gasteiger partial charge in [-0.15, -0.1) is 11.3 Å². The van der Waals surface area contributed by atoms with E-state index in [-0.39, 0.29) is 5.91 Å². The maximum atomic E-state index is 11.7. The predicted octanol–water partition coefficient (Wildman–Crippen LogP) is 2.61. The van der Waals surface area contributed by atoms with Gasteiger partial charge >= 0.3 is 0 Å². The van der Waals surface area contributed by atoms with Gasteiger partial charge in [0, 0.05) is 11.6 Å². The summed E-state index contributed by atoms with van der Waals surface area (Å²) in [6, 6.07) is 1.72. The van der Waals surface area contributed by atoms with Crippen LogP contribution in [0.3, 0.4) is 0 Å². The first-order valence-corrected chi connectivity index (χ1v) is 5.32. The van der Waals surface area contributed by atoms with Crippen molar-refractivity contribution in [3.8, 4) is 0 Å². The zero-order valence-corrected chi connectivity index (χ0v) is 9.22. The van der Waals surface area contributed by atoms with E-state index in [0.29, 0.717) is 16.5 Å². The summed E-state index contributed by atoms with van der Waals surface area (Å²) in [5, 5.41) is 5.11. The van der Waals surface area contributed by atoms with Crippen LogP contribution in [0.15, 0.2) is 22.1 Å². The van der Waals surface area contributed by atoms with E-state index in [1.165, 1.54) is 11.3 Å². The van der Waals surface area contributed by atoms with Gasteiger partial charge in [-0.2, -0.15) is 0 Å². The zero-order chi connectivity index (χ0) is 10.8. The predicted molar refractivity (Wildman–Crippen MR) is 58.2 cm³/mol. The number of aromatic nitrogens is 1. The van der Waals surface area contributed by atoms with E-state index < -0.39 is 0 Å². The van der Waals surface area contributed by atoms with Crippen LogP contribution in [0.25, 0.3) is 0 Å². The molecule has 1 N–H and O–H groups in total. The number of carbonyl (C=O) groups excluding carboxylic acids is 1. The first-order chi connectivity index (χ1) is 7.16.